The Morgan fingerprint density at radius 1 is 1.31 bits per heavy atom. The van der Waals surface area contributed by atoms with Gasteiger partial charge in [0.2, 0.25) is 5.91 Å². The smallest absolute Gasteiger partial charge is 0.277 e. The molecule has 1 aliphatic rings. The lowest BCUT2D eigenvalue weighted by molar-refractivity contribution is -0.134. The first-order chi connectivity index (χ1) is 12.5. The summed E-state index contributed by atoms with van der Waals surface area (Å²) in [5.74, 6) is 1.61. The van der Waals surface area contributed by atoms with Crippen LogP contribution >= 0.6 is 11.8 Å². The molecule has 0 spiro atoms. The molecule has 1 aliphatic heterocycles. The van der Waals surface area contributed by atoms with Gasteiger partial charge in [0.1, 0.15) is 5.75 Å². The van der Waals surface area contributed by atoms with E-state index < -0.39 is 0 Å². The van der Waals surface area contributed by atoms with Crippen LogP contribution in [0.3, 0.4) is 0 Å². The van der Waals surface area contributed by atoms with Crippen LogP contribution in [0.15, 0.2) is 33.9 Å². The second-order valence-corrected chi connectivity index (χ2v) is 7.71. The molecule has 1 amide bonds. The van der Waals surface area contributed by atoms with Crippen molar-refractivity contribution in [1.29, 1.82) is 0 Å². The predicted octanol–water partition coefficient (Wildman–Crippen LogP) is 3.84. The van der Waals surface area contributed by atoms with Crippen LogP contribution in [-0.4, -0.2) is 38.8 Å². The molecule has 2 aromatic rings. The van der Waals surface area contributed by atoms with Gasteiger partial charge in [-0.2, -0.15) is 0 Å². The quantitative estimate of drug-likeness (QED) is 0.715. The molecule has 2 heterocycles. The van der Waals surface area contributed by atoms with Gasteiger partial charge >= 0.3 is 0 Å². The van der Waals surface area contributed by atoms with Crippen LogP contribution in [0.5, 0.6) is 5.75 Å². The molecule has 1 aromatic heterocycles. The molecule has 6 nitrogen and oxygen atoms in total. The van der Waals surface area contributed by atoms with Crippen LogP contribution in [0, 0.1) is 6.92 Å². The first-order valence-corrected chi connectivity index (χ1v) is 9.97. The largest absolute Gasteiger partial charge is 0.484 e. The number of likely N-dealkylation sites (tertiary alicyclic amines) is 1. The molecular weight excluding hydrogens is 350 g/mol. The third kappa shape index (κ3) is 4.78. The molecule has 0 radical (unpaired) electrons. The molecule has 1 saturated heterocycles. The maximum absolute atomic E-state index is 12.5. The Bertz CT molecular complexity index is 739. The number of ether oxygens (including phenoxy) is 1. The van der Waals surface area contributed by atoms with Gasteiger partial charge in [0, 0.05) is 12.1 Å². The number of carbonyl (C=O) groups excluding carboxylic acids is 1. The summed E-state index contributed by atoms with van der Waals surface area (Å²) in [5, 5.41) is 8.38. The number of nitrogens with zero attached hydrogens (tertiary/aromatic N) is 3. The molecule has 2 atom stereocenters. The first-order valence-electron chi connectivity index (χ1n) is 8.98. The van der Waals surface area contributed by atoms with Crippen molar-refractivity contribution in [3.63, 3.8) is 0 Å². The molecule has 3 rings (SSSR count). The molecule has 1 aromatic carbocycles. The van der Waals surface area contributed by atoms with E-state index in [-0.39, 0.29) is 12.5 Å². The second kappa shape index (κ2) is 8.58. The van der Waals surface area contributed by atoms with Gasteiger partial charge in [-0.25, -0.2) is 0 Å². The topological polar surface area (TPSA) is 68.5 Å². The molecule has 2 unspecified atom stereocenters. The monoisotopic (exact) mass is 375 g/mol. The highest BCUT2D eigenvalue weighted by Gasteiger charge is 2.29. The Morgan fingerprint density at radius 3 is 2.81 bits per heavy atom. The van der Waals surface area contributed by atoms with Crippen molar-refractivity contribution in [2.75, 3.05) is 5.75 Å². The Labute approximate surface area is 158 Å². The van der Waals surface area contributed by atoms with Gasteiger partial charge in [0.05, 0.1) is 5.75 Å². The fourth-order valence-electron chi connectivity index (χ4n) is 3.32. The van der Waals surface area contributed by atoms with Gasteiger partial charge in [-0.1, -0.05) is 23.9 Å². The SMILES string of the molecule is Cc1cccc(OCc2nnc(SCC(=O)N3C(C)CCCC3C)o2)c1. The minimum atomic E-state index is 0.130. The highest BCUT2D eigenvalue weighted by atomic mass is 32.2. The average Bonchev–Trinajstić information content (AvgIpc) is 3.06. The lowest BCUT2D eigenvalue weighted by Gasteiger charge is -2.39. The van der Waals surface area contributed by atoms with Crippen molar-refractivity contribution < 1.29 is 13.9 Å². The Kier molecular flexibility index (Phi) is 6.19. The Hall–Kier alpha value is -2.02. The van der Waals surface area contributed by atoms with Crippen LogP contribution in [0.25, 0.3) is 0 Å². The summed E-state index contributed by atoms with van der Waals surface area (Å²) < 4.78 is 11.2. The van der Waals surface area contributed by atoms with Crippen molar-refractivity contribution in [2.24, 2.45) is 0 Å². The maximum atomic E-state index is 12.5. The number of hydrogen-bond donors (Lipinski definition) is 0. The van der Waals surface area contributed by atoms with E-state index in [1.54, 1.807) is 0 Å². The predicted molar refractivity (Wildman–Crippen MR) is 100 cm³/mol. The molecule has 0 N–H and O–H groups in total. The molecule has 1 fully saturated rings. The Balaban J connectivity index is 1.49. The van der Waals surface area contributed by atoms with Crippen LogP contribution in [0.1, 0.15) is 44.6 Å². The third-order valence-corrected chi connectivity index (χ3v) is 5.40. The van der Waals surface area contributed by atoms with Gasteiger partial charge in [-0.05, 0) is 57.7 Å². The number of benzene rings is 1. The van der Waals surface area contributed by atoms with E-state index >= 15 is 0 Å². The summed E-state index contributed by atoms with van der Waals surface area (Å²) in [6, 6.07) is 8.38. The first kappa shape index (κ1) is 18.8. The van der Waals surface area contributed by atoms with E-state index in [2.05, 4.69) is 24.0 Å². The zero-order valence-corrected chi connectivity index (χ0v) is 16.3. The summed E-state index contributed by atoms with van der Waals surface area (Å²) in [6.07, 6.45) is 3.33. The van der Waals surface area contributed by atoms with E-state index in [0.29, 0.717) is 29.0 Å². The van der Waals surface area contributed by atoms with Crippen LogP contribution in [0.4, 0.5) is 0 Å². The van der Waals surface area contributed by atoms with Gasteiger partial charge < -0.3 is 14.1 Å². The van der Waals surface area contributed by atoms with Gasteiger partial charge in [0.25, 0.3) is 11.1 Å². The zero-order valence-electron chi connectivity index (χ0n) is 15.5. The number of hydrogen-bond acceptors (Lipinski definition) is 6. The van der Waals surface area contributed by atoms with Gasteiger partial charge in [-0.15, -0.1) is 10.2 Å². The summed E-state index contributed by atoms with van der Waals surface area (Å²) in [5.41, 5.74) is 1.13. The highest BCUT2D eigenvalue weighted by molar-refractivity contribution is 7.99. The molecule has 26 heavy (non-hydrogen) atoms. The number of amides is 1. The normalized spacial score (nSPS) is 20.2. The highest BCUT2D eigenvalue weighted by Crippen LogP contribution is 2.25. The number of thioether (sulfide) groups is 1. The summed E-state index contributed by atoms with van der Waals surface area (Å²) in [7, 11) is 0. The van der Waals surface area contributed by atoms with E-state index in [1.807, 2.05) is 36.1 Å². The number of aryl methyl sites for hydroxylation is 1. The zero-order chi connectivity index (χ0) is 18.5. The number of carbonyl (C=O) groups is 1. The molecular formula is C19H25N3O3S. The second-order valence-electron chi connectivity index (χ2n) is 6.79. The maximum Gasteiger partial charge on any atom is 0.277 e. The average molecular weight is 375 g/mol. The van der Waals surface area contributed by atoms with E-state index in [4.69, 9.17) is 9.15 Å². The minimum Gasteiger partial charge on any atom is -0.484 e. The lowest BCUT2D eigenvalue weighted by Crippen LogP contribution is -2.48. The van der Waals surface area contributed by atoms with Crippen molar-refractivity contribution in [2.45, 2.75) is 63.9 Å². The van der Waals surface area contributed by atoms with Crippen molar-refractivity contribution in [3.05, 3.63) is 35.7 Å². The molecule has 0 saturated carbocycles. The number of rotatable bonds is 6. The van der Waals surface area contributed by atoms with Gasteiger partial charge in [-0.3, -0.25) is 4.79 Å². The summed E-state index contributed by atoms with van der Waals surface area (Å²) >= 11 is 1.28. The lowest BCUT2D eigenvalue weighted by atomic mass is 9.98. The molecule has 140 valence electrons. The fourth-order valence-corrected chi connectivity index (χ4v) is 3.97. The molecule has 7 heteroatoms. The van der Waals surface area contributed by atoms with E-state index in [9.17, 15) is 4.79 Å². The van der Waals surface area contributed by atoms with Crippen molar-refractivity contribution >= 4 is 17.7 Å². The number of piperidine rings is 1. The standard InChI is InChI=1S/C19H25N3O3S/c1-13-6-4-9-16(10-13)24-11-17-20-21-19(25-17)26-12-18(23)22-14(2)7-5-8-15(22)3/h4,6,9-10,14-15H,5,7-8,11-12H2,1-3H3. The van der Waals surface area contributed by atoms with Crippen LogP contribution in [0.2, 0.25) is 0 Å². The van der Waals surface area contributed by atoms with E-state index in [1.165, 1.54) is 18.2 Å². The Morgan fingerprint density at radius 2 is 2.08 bits per heavy atom. The molecule has 0 aliphatic carbocycles. The van der Waals surface area contributed by atoms with Crippen molar-refractivity contribution in [3.8, 4) is 5.75 Å². The van der Waals surface area contributed by atoms with Crippen LogP contribution in [-0.2, 0) is 11.4 Å². The number of aromatic nitrogens is 2. The molecule has 0 bridgehead atoms. The minimum absolute atomic E-state index is 0.130. The van der Waals surface area contributed by atoms with Gasteiger partial charge in [0.15, 0.2) is 6.61 Å². The fraction of sp³-hybridized carbons (Fsp3) is 0.526. The van der Waals surface area contributed by atoms with Crippen molar-refractivity contribution in [1.82, 2.24) is 15.1 Å². The van der Waals surface area contributed by atoms with Crippen LogP contribution < -0.4 is 4.74 Å². The van der Waals surface area contributed by atoms with E-state index in [0.717, 1.165) is 24.2 Å². The third-order valence-electron chi connectivity index (χ3n) is 4.60. The summed E-state index contributed by atoms with van der Waals surface area (Å²) in [4.78, 5) is 14.5. The summed E-state index contributed by atoms with van der Waals surface area (Å²) in [6.45, 7) is 6.46.